The van der Waals surface area contributed by atoms with Gasteiger partial charge < -0.3 is 7.63 Å². The second-order valence-electron chi connectivity index (χ2n) is 6.43. The molecule has 1 atom stereocenters. The van der Waals surface area contributed by atoms with Gasteiger partial charge >= 0.3 is 6.18 Å². The largest absolute Gasteiger partial charge is 0.419 e. The Morgan fingerprint density at radius 1 is 1.24 bits per heavy atom. The highest BCUT2D eigenvalue weighted by Crippen LogP contribution is 2.30. The van der Waals surface area contributed by atoms with Crippen LogP contribution in [0.1, 0.15) is 25.3 Å². The SMILES string of the molecule is CC[C@@H](CCn1ccc2cc(-c3ncc(C(F)(F)F)cn3)c(I)cc2c1=O)OI. The first-order chi connectivity index (χ1) is 13.7. The van der Waals surface area contributed by atoms with Gasteiger partial charge in [-0.05, 0) is 59.0 Å². The van der Waals surface area contributed by atoms with Crippen LogP contribution in [-0.4, -0.2) is 20.6 Å². The van der Waals surface area contributed by atoms with Crippen molar-refractivity contribution in [3.05, 3.63) is 56.3 Å². The van der Waals surface area contributed by atoms with Crippen molar-refractivity contribution in [2.45, 2.75) is 38.6 Å². The van der Waals surface area contributed by atoms with Crippen LogP contribution in [0, 0.1) is 3.57 Å². The van der Waals surface area contributed by atoms with Crippen LogP contribution in [0.2, 0.25) is 0 Å². The van der Waals surface area contributed by atoms with Gasteiger partial charge in [0.15, 0.2) is 5.82 Å². The first-order valence-corrected chi connectivity index (χ1v) is 10.7. The molecule has 0 saturated carbocycles. The molecule has 0 radical (unpaired) electrons. The summed E-state index contributed by atoms with van der Waals surface area (Å²) in [7, 11) is 0. The molecule has 5 nitrogen and oxygen atoms in total. The van der Waals surface area contributed by atoms with Crippen LogP contribution in [0.15, 0.2) is 41.6 Å². The fourth-order valence-corrected chi connectivity index (χ4v) is 4.18. The second-order valence-corrected chi connectivity index (χ2v) is 8.11. The van der Waals surface area contributed by atoms with Gasteiger partial charge in [-0.25, -0.2) is 9.97 Å². The van der Waals surface area contributed by atoms with Crippen LogP contribution in [0.4, 0.5) is 13.2 Å². The molecule has 29 heavy (non-hydrogen) atoms. The summed E-state index contributed by atoms with van der Waals surface area (Å²) >= 11 is 3.91. The molecule has 0 fully saturated rings. The van der Waals surface area contributed by atoms with E-state index in [1.807, 2.05) is 58.6 Å². The quantitative estimate of drug-likeness (QED) is 0.333. The van der Waals surface area contributed by atoms with Crippen molar-refractivity contribution in [1.82, 2.24) is 14.5 Å². The maximum absolute atomic E-state index is 12.8. The number of benzene rings is 1. The third-order valence-electron chi connectivity index (χ3n) is 4.56. The Kier molecular flexibility index (Phi) is 7.14. The van der Waals surface area contributed by atoms with Crippen molar-refractivity contribution >= 4 is 56.4 Å². The zero-order valence-corrected chi connectivity index (χ0v) is 19.5. The van der Waals surface area contributed by atoms with E-state index in [1.54, 1.807) is 22.9 Å². The predicted molar refractivity (Wildman–Crippen MR) is 121 cm³/mol. The smallest absolute Gasteiger partial charge is 0.315 e. The van der Waals surface area contributed by atoms with E-state index in [1.165, 1.54) is 0 Å². The fraction of sp³-hybridized carbons (Fsp3) is 0.316. The minimum atomic E-state index is -4.49. The number of aryl methyl sites for hydroxylation is 1. The van der Waals surface area contributed by atoms with Crippen molar-refractivity contribution < 1.29 is 16.2 Å². The molecule has 0 aliphatic heterocycles. The zero-order chi connectivity index (χ0) is 21.2. The summed E-state index contributed by atoms with van der Waals surface area (Å²) in [5.74, 6) is 0.179. The lowest BCUT2D eigenvalue weighted by molar-refractivity contribution is -0.138. The number of nitrogens with zero attached hydrogens (tertiary/aromatic N) is 3. The molecule has 2 aromatic heterocycles. The normalized spacial score (nSPS) is 13.0. The molecule has 0 N–H and O–H groups in total. The number of pyridine rings is 1. The highest BCUT2D eigenvalue weighted by Gasteiger charge is 2.31. The van der Waals surface area contributed by atoms with Gasteiger partial charge in [-0.3, -0.25) is 4.79 Å². The Balaban J connectivity index is 1.96. The number of aromatic nitrogens is 3. The number of alkyl halides is 3. The molecule has 3 rings (SSSR count). The van der Waals surface area contributed by atoms with Crippen LogP contribution in [0.3, 0.4) is 0 Å². The monoisotopic (exact) mass is 629 g/mol. The lowest BCUT2D eigenvalue weighted by Gasteiger charge is -2.13. The summed E-state index contributed by atoms with van der Waals surface area (Å²) in [6.45, 7) is 2.57. The van der Waals surface area contributed by atoms with Crippen molar-refractivity contribution in [1.29, 1.82) is 0 Å². The lowest BCUT2D eigenvalue weighted by Crippen LogP contribution is -2.22. The van der Waals surface area contributed by atoms with Crippen LogP contribution >= 0.6 is 45.6 Å². The second kappa shape index (κ2) is 9.25. The van der Waals surface area contributed by atoms with Crippen molar-refractivity contribution in [3.63, 3.8) is 0 Å². The van der Waals surface area contributed by atoms with Gasteiger partial charge in [0, 0.05) is 39.7 Å². The third kappa shape index (κ3) is 5.08. The van der Waals surface area contributed by atoms with Crippen LogP contribution in [0.25, 0.3) is 22.2 Å². The Morgan fingerprint density at radius 2 is 1.93 bits per heavy atom. The molecular weight excluding hydrogens is 613 g/mol. The summed E-state index contributed by atoms with van der Waals surface area (Å²) in [5.41, 5.74) is -0.447. The molecule has 0 aliphatic rings. The molecular formula is C19H16F3I2N3O2. The summed E-state index contributed by atoms with van der Waals surface area (Å²) in [4.78, 5) is 20.5. The van der Waals surface area contributed by atoms with Gasteiger partial charge in [0.05, 0.1) is 11.7 Å². The number of rotatable bonds is 6. The fourth-order valence-electron chi connectivity index (χ4n) is 2.86. The summed E-state index contributed by atoms with van der Waals surface area (Å²) in [6.07, 6.45) is 0.421. The highest BCUT2D eigenvalue weighted by atomic mass is 127. The number of hydrogen-bond acceptors (Lipinski definition) is 4. The maximum atomic E-state index is 12.8. The van der Waals surface area contributed by atoms with Crippen molar-refractivity contribution in [2.24, 2.45) is 0 Å². The average Bonchev–Trinajstić information content (AvgIpc) is 2.70. The van der Waals surface area contributed by atoms with E-state index in [0.29, 0.717) is 26.5 Å². The van der Waals surface area contributed by atoms with Gasteiger partial charge in [0.25, 0.3) is 5.56 Å². The predicted octanol–water partition coefficient (Wildman–Crippen LogP) is 5.62. The zero-order valence-electron chi connectivity index (χ0n) is 15.2. The molecule has 0 aliphatic carbocycles. The van der Waals surface area contributed by atoms with E-state index in [2.05, 4.69) is 9.97 Å². The van der Waals surface area contributed by atoms with E-state index in [-0.39, 0.29) is 17.5 Å². The van der Waals surface area contributed by atoms with E-state index >= 15 is 0 Å². The molecule has 154 valence electrons. The Hall–Kier alpha value is -1.28. The van der Waals surface area contributed by atoms with E-state index in [4.69, 9.17) is 3.07 Å². The molecule has 0 amide bonds. The molecule has 0 spiro atoms. The first kappa shape index (κ1) is 22.4. The summed E-state index contributed by atoms with van der Waals surface area (Å²) in [5, 5.41) is 1.22. The van der Waals surface area contributed by atoms with Gasteiger partial charge in [-0.1, -0.05) is 6.92 Å². The maximum Gasteiger partial charge on any atom is 0.419 e. The molecule has 0 bridgehead atoms. The number of halogens is 5. The molecule has 1 aromatic carbocycles. The van der Waals surface area contributed by atoms with Crippen LogP contribution in [0.5, 0.6) is 0 Å². The Bertz CT molecular complexity index is 1070. The van der Waals surface area contributed by atoms with Gasteiger partial charge in [-0.2, -0.15) is 13.2 Å². The van der Waals surface area contributed by atoms with Gasteiger partial charge in [0.1, 0.15) is 23.0 Å². The topological polar surface area (TPSA) is 57.0 Å². The first-order valence-electron chi connectivity index (χ1n) is 8.74. The standard InChI is InChI=1S/C19H16F3I2N3O2/c1-2-13(29-24)4-6-27-5-3-11-7-15(16(23)8-14(11)18(27)28)17-25-9-12(10-26-17)19(20,21)22/h3,5,7-10,13H,2,4,6H2,1H3/t13-/m0/s1. The Labute approximate surface area is 192 Å². The molecule has 0 saturated heterocycles. The van der Waals surface area contributed by atoms with Crippen LogP contribution < -0.4 is 5.56 Å². The van der Waals surface area contributed by atoms with E-state index < -0.39 is 11.7 Å². The Morgan fingerprint density at radius 3 is 2.52 bits per heavy atom. The number of fused-ring (bicyclic) bond motifs is 1. The molecule has 0 unspecified atom stereocenters. The summed E-state index contributed by atoms with van der Waals surface area (Å²) < 4.78 is 45.8. The lowest BCUT2D eigenvalue weighted by atomic mass is 10.1. The minimum Gasteiger partial charge on any atom is -0.315 e. The van der Waals surface area contributed by atoms with Gasteiger partial charge in [0.2, 0.25) is 0 Å². The van der Waals surface area contributed by atoms with E-state index in [0.717, 1.165) is 25.2 Å². The van der Waals surface area contributed by atoms with Crippen molar-refractivity contribution in [2.75, 3.05) is 0 Å². The average molecular weight is 629 g/mol. The van der Waals surface area contributed by atoms with Crippen molar-refractivity contribution in [3.8, 4) is 11.4 Å². The van der Waals surface area contributed by atoms with E-state index in [9.17, 15) is 18.0 Å². The summed E-state index contributed by atoms with van der Waals surface area (Å²) in [6, 6.07) is 5.26. The third-order valence-corrected chi connectivity index (χ3v) is 6.17. The molecule has 10 heteroatoms. The van der Waals surface area contributed by atoms with Crippen LogP contribution in [-0.2, 0) is 15.8 Å². The minimum absolute atomic E-state index is 0.0810. The highest BCUT2D eigenvalue weighted by molar-refractivity contribution is 14.1. The number of hydrogen-bond donors (Lipinski definition) is 0. The van der Waals surface area contributed by atoms with Gasteiger partial charge in [-0.15, -0.1) is 0 Å². The molecule has 2 heterocycles. The molecule has 3 aromatic rings.